The second-order valence-corrected chi connectivity index (χ2v) is 8.47. The van der Waals surface area contributed by atoms with Gasteiger partial charge in [0, 0.05) is 12.0 Å². The molecule has 158 valence electrons. The zero-order chi connectivity index (χ0) is 20.5. The van der Waals surface area contributed by atoms with Crippen molar-refractivity contribution in [2.45, 2.75) is 98.1 Å². The number of carboxylic acid groups (broad SMARTS) is 1. The predicted octanol–water partition coefficient (Wildman–Crippen LogP) is 4.77. The molecule has 0 saturated carbocycles. The number of piperidine rings is 1. The quantitative estimate of drug-likeness (QED) is 0.385. The minimum absolute atomic E-state index is 0.124. The highest BCUT2D eigenvalue weighted by molar-refractivity contribution is 5.76. The van der Waals surface area contributed by atoms with E-state index in [-0.39, 0.29) is 18.3 Å². The first-order chi connectivity index (χ1) is 12.6. The average molecular weight is 386 g/mol. The fraction of sp³-hybridized carbons (Fsp3) is 0.905. The van der Waals surface area contributed by atoms with E-state index in [0.29, 0.717) is 19.1 Å². The van der Waals surface area contributed by atoms with Crippen LogP contribution in [0.15, 0.2) is 0 Å². The largest absolute Gasteiger partial charge is 0.481 e. The summed E-state index contributed by atoms with van der Waals surface area (Å²) in [5, 5.41) is 10.6. The van der Waals surface area contributed by atoms with Gasteiger partial charge in [-0.3, -0.25) is 14.4 Å². The molecule has 1 N–H and O–H groups in total. The lowest BCUT2D eigenvalue weighted by Crippen LogP contribution is -2.64. The van der Waals surface area contributed by atoms with Gasteiger partial charge in [-0.2, -0.15) is 0 Å². The number of carbonyl (C=O) groups excluding carboxylic acids is 1. The molecule has 0 aliphatic carbocycles. The average Bonchev–Trinajstić information content (AvgIpc) is 2.59. The van der Waals surface area contributed by atoms with Crippen LogP contribution in [0.3, 0.4) is 0 Å². The molecule has 2 unspecified atom stereocenters. The van der Waals surface area contributed by atoms with Gasteiger partial charge in [0.15, 0.2) is 5.72 Å². The Labute approximate surface area is 164 Å². The molecule has 0 aromatic rings. The Morgan fingerprint density at radius 3 is 2.33 bits per heavy atom. The number of aliphatic carboxylic acids is 1. The number of hydrogen-bond acceptors (Lipinski definition) is 5. The molecular weight excluding hydrogens is 346 g/mol. The zero-order valence-corrected chi connectivity index (χ0v) is 17.9. The molecule has 1 aliphatic rings. The molecular formula is C21H39NO5. The number of hydroxylamine groups is 2. The lowest BCUT2D eigenvalue weighted by molar-refractivity contribution is -0.349. The van der Waals surface area contributed by atoms with Crippen molar-refractivity contribution in [2.75, 3.05) is 13.2 Å². The summed E-state index contributed by atoms with van der Waals surface area (Å²) >= 11 is 0. The molecule has 2 atom stereocenters. The number of carbonyl (C=O) groups is 2. The van der Waals surface area contributed by atoms with Crippen LogP contribution in [-0.2, 0) is 19.2 Å². The van der Waals surface area contributed by atoms with Crippen molar-refractivity contribution >= 4 is 11.9 Å². The van der Waals surface area contributed by atoms with E-state index in [1.54, 1.807) is 0 Å². The Morgan fingerprint density at radius 1 is 1.07 bits per heavy atom. The maximum Gasteiger partial charge on any atom is 0.308 e. The molecule has 0 amide bonds. The first kappa shape index (κ1) is 23.9. The van der Waals surface area contributed by atoms with Gasteiger partial charge in [0.2, 0.25) is 0 Å². The third-order valence-corrected chi connectivity index (χ3v) is 6.27. The van der Waals surface area contributed by atoms with Gasteiger partial charge >= 0.3 is 11.9 Å². The van der Waals surface area contributed by atoms with Crippen LogP contribution < -0.4 is 0 Å². The van der Waals surface area contributed by atoms with Crippen molar-refractivity contribution in [2.24, 2.45) is 11.3 Å². The van der Waals surface area contributed by atoms with Gasteiger partial charge in [-0.25, -0.2) is 0 Å². The van der Waals surface area contributed by atoms with Gasteiger partial charge < -0.3 is 9.84 Å². The summed E-state index contributed by atoms with van der Waals surface area (Å²) < 4.78 is 5.84. The third-order valence-electron chi connectivity index (χ3n) is 6.27. The van der Waals surface area contributed by atoms with E-state index >= 15 is 0 Å². The maximum atomic E-state index is 12.3. The minimum Gasteiger partial charge on any atom is -0.481 e. The number of ether oxygens (including phenoxy) is 1. The van der Waals surface area contributed by atoms with Gasteiger partial charge in [0.05, 0.1) is 19.4 Å². The minimum atomic E-state index is -0.996. The van der Waals surface area contributed by atoms with Gasteiger partial charge in [0.25, 0.3) is 0 Å². The van der Waals surface area contributed by atoms with Crippen molar-refractivity contribution in [1.82, 2.24) is 5.06 Å². The standard InChI is InChI=1S/C21H39NO5/c1-6-7-8-9-10-11-16-26-22-15-14-17(2)20(3,4)21(22,5)27-19(25)13-12-18(23)24/h17H,6-16H2,1-5H3,(H,23,24). The third kappa shape index (κ3) is 6.75. The number of rotatable bonds is 12. The molecule has 0 bridgehead atoms. The molecule has 1 fully saturated rings. The van der Waals surface area contributed by atoms with Crippen molar-refractivity contribution < 1.29 is 24.3 Å². The summed E-state index contributed by atoms with van der Waals surface area (Å²) in [6.07, 6.45) is 7.76. The van der Waals surface area contributed by atoms with Crippen LogP contribution in [0.1, 0.15) is 92.4 Å². The maximum absolute atomic E-state index is 12.3. The number of unbranched alkanes of at least 4 members (excludes halogenated alkanes) is 5. The topological polar surface area (TPSA) is 76.1 Å². The summed E-state index contributed by atoms with van der Waals surface area (Å²) in [5.74, 6) is -1.14. The molecule has 6 heteroatoms. The molecule has 27 heavy (non-hydrogen) atoms. The first-order valence-corrected chi connectivity index (χ1v) is 10.5. The van der Waals surface area contributed by atoms with Crippen LogP contribution in [0, 0.1) is 11.3 Å². The monoisotopic (exact) mass is 385 g/mol. The fourth-order valence-corrected chi connectivity index (χ4v) is 3.57. The van der Waals surface area contributed by atoms with E-state index in [1.165, 1.54) is 25.7 Å². The Kier molecular flexibility index (Phi) is 9.74. The van der Waals surface area contributed by atoms with Crippen LogP contribution in [-0.4, -0.2) is 41.0 Å². The molecule has 1 saturated heterocycles. The predicted molar refractivity (Wildman–Crippen MR) is 105 cm³/mol. The van der Waals surface area contributed by atoms with Crippen molar-refractivity contribution in [3.05, 3.63) is 0 Å². The van der Waals surface area contributed by atoms with E-state index in [0.717, 1.165) is 19.3 Å². The Morgan fingerprint density at radius 2 is 1.70 bits per heavy atom. The van der Waals surface area contributed by atoms with Crippen LogP contribution in [0.4, 0.5) is 0 Å². The van der Waals surface area contributed by atoms with E-state index in [2.05, 4.69) is 27.7 Å². The van der Waals surface area contributed by atoms with Crippen molar-refractivity contribution in [3.63, 3.8) is 0 Å². The van der Waals surface area contributed by atoms with E-state index in [1.807, 2.05) is 12.0 Å². The number of nitrogens with zero attached hydrogens (tertiary/aromatic N) is 1. The lowest BCUT2D eigenvalue weighted by Gasteiger charge is -2.55. The van der Waals surface area contributed by atoms with Gasteiger partial charge in [0.1, 0.15) is 0 Å². The molecule has 0 aromatic carbocycles. The van der Waals surface area contributed by atoms with Gasteiger partial charge in [-0.15, -0.1) is 5.06 Å². The van der Waals surface area contributed by atoms with Crippen LogP contribution in [0.5, 0.6) is 0 Å². The highest BCUT2D eigenvalue weighted by Crippen LogP contribution is 2.48. The van der Waals surface area contributed by atoms with Crippen LogP contribution in [0.25, 0.3) is 0 Å². The van der Waals surface area contributed by atoms with Crippen LogP contribution in [0.2, 0.25) is 0 Å². The highest BCUT2D eigenvalue weighted by Gasteiger charge is 2.55. The summed E-state index contributed by atoms with van der Waals surface area (Å²) in [5.41, 5.74) is -1.23. The summed E-state index contributed by atoms with van der Waals surface area (Å²) in [7, 11) is 0. The normalized spacial score (nSPS) is 25.3. The molecule has 1 aliphatic heterocycles. The fourth-order valence-electron chi connectivity index (χ4n) is 3.57. The van der Waals surface area contributed by atoms with E-state index < -0.39 is 17.7 Å². The van der Waals surface area contributed by atoms with E-state index in [9.17, 15) is 9.59 Å². The van der Waals surface area contributed by atoms with Crippen molar-refractivity contribution in [1.29, 1.82) is 0 Å². The second kappa shape index (κ2) is 11.0. The molecule has 6 nitrogen and oxygen atoms in total. The first-order valence-electron chi connectivity index (χ1n) is 10.5. The Hall–Kier alpha value is -1.14. The van der Waals surface area contributed by atoms with Gasteiger partial charge in [-0.1, -0.05) is 59.8 Å². The van der Waals surface area contributed by atoms with Crippen molar-refractivity contribution in [3.8, 4) is 0 Å². The number of carboxylic acids is 1. The van der Waals surface area contributed by atoms with Gasteiger partial charge in [-0.05, 0) is 25.7 Å². The molecule has 0 aromatic heterocycles. The van der Waals surface area contributed by atoms with Crippen LogP contribution >= 0.6 is 0 Å². The van der Waals surface area contributed by atoms with E-state index in [4.69, 9.17) is 14.7 Å². The summed E-state index contributed by atoms with van der Waals surface area (Å²) in [4.78, 5) is 29.1. The SMILES string of the molecule is CCCCCCCCON1CCC(C)C(C)(C)C1(C)OC(=O)CCC(=O)O. The molecule has 0 radical (unpaired) electrons. The highest BCUT2D eigenvalue weighted by atomic mass is 16.7. The molecule has 1 rings (SSSR count). The smallest absolute Gasteiger partial charge is 0.308 e. The number of esters is 1. The Balaban J connectivity index is 2.66. The zero-order valence-electron chi connectivity index (χ0n) is 17.9. The lowest BCUT2D eigenvalue weighted by atomic mass is 9.68. The summed E-state index contributed by atoms with van der Waals surface area (Å²) in [6, 6.07) is 0. The summed E-state index contributed by atoms with van der Waals surface area (Å²) in [6.45, 7) is 11.7. The molecule has 1 heterocycles. The number of hydrogen-bond donors (Lipinski definition) is 1. The Bertz CT molecular complexity index is 479. The second-order valence-electron chi connectivity index (χ2n) is 8.47. The molecule has 0 spiro atoms.